The predicted octanol–water partition coefficient (Wildman–Crippen LogP) is 3.34. The minimum absolute atomic E-state index is 0.183. The number of carbonyl (C=O) groups is 2. The highest BCUT2D eigenvalue weighted by molar-refractivity contribution is 5.76. The first-order valence-corrected chi connectivity index (χ1v) is 7.87. The molecular weight excluding hydrogens is 294 g/mol. The predicted molar refractivity (Wildman–Crippen MR) is 87.6 cm³/mol. The van der Waals surface area contributed by atoms with Gasteiger partial charge in [-0.05, 0) is 51.3 Å². The highest BCUT2D eigenvalue weighted by atomic mass is 16.6. The summed E-state index contributed by atoms with van der Waals surface area (Å²) in [6.07, 6.45) is -0.447. The number of nitrogens with zero attached hydrogens (tertiary/aromatic N) is 1. The highest BCUT2D eigenvalue weighted by Gasteiger charge is 2.42. The van der Waals surface area contributed by atoms with Crippen molar-refractivity contribution in [2.75, 3.05) is 13.1 Å². The molecule has 1 N–H and O–H groups in total. The lowest BCUT2D eigenvalue weighted by Gasteiger charge is -2.24. The maximum Gasteiger partial charge on any atom is 0.410 e. The number of benzene rings is 1. The Labute approximate surface area is 137 Å². The summed E-state index contributed by atoms with van der Waals surface area (Å²) in [5.74, 6) is -1.69. The SMILES string of the molecule is Cc1cccc(C)c1C1CN(C(=O)OC(C)(C)C)CC1C(=O)O. The van der Waals surface area contributed by atoms with Gasteiger partial charge in [-0.1, -0.05) is 18.2 Å². The smallest absolute Gasteiger partial charge is 0.410 e. The Morgan fingerprint density at radius 1 is 1.17 bits per heavy atom. The molecule has 0 saturated carbocycles. The molecule has 1 heterocycles. The van der Waals surface area contributed by atoms with E-state index in [4.69, 9.17) is 4.74 Å². The molecule has 2 atom stereocenters. The van der Waals surface area contributed by atoms with Gasteiger partial charge < -0.3 is 14.7 Å². The topological polar surface area (TPSA) is 66.8 Å². The summed E-state index contributed by atoms with van der Waals surface area (Å²) in [5, 5.41) is 9.58. The molecular formula is C18H25NO4. The number of hydrogen-bond donors (Lipinski definition) is 1. The van der Waals surface area contributed by atoms with E-state index in [9.17, 15) is 14.7 Å². The summed E-state index contributed by atoms with van der Waals surface area (Å²) >= 11 is 0. The maximum atomic E-state index is 12.3. The number of aliphatic carboxylic acids is 1. The molecule has 0 aromatic heterocycles. The van der Waals surface area contributed by atoms with E-state index in [1.807, 2.05) is 32.0 Å². The number of hydrogen-bond acceptors (Lipinski definition) is 3. The third-order valence-corrected chi connectivity index (χ3v) is 4.20. The van der Waals surface area contributed by atoms with Crippen LogP contribution in [0.25, 0.3) is 0 Å². The lowest BCUT2D eigenvalue weighted by molar-refractivity contribution is -0.141. The summed E-state index contributed by atoms with van der Waals surface area (Å²) < 4.78 is 5.39. The Bertz CT molecular complexity index is 598. The van der Waals surface area contributed by atoms with Gasteiger partial charge in [0.05, 0.1) is 5.92 Å². The Hall–Kier alpha value is -2.04. The maximum absolute atomic E-state index is 12.3. The second kappa shape index (κ2) is 6.22. The van der Waals surface area contributed by atoms with Crippen molar-refractivity contribution in [1.29, 1.82) is 0 Å². The first kappa shape index (κ1) is 17.3. The monoisotopic (exact) mass is 319 g/mol. The summed E-state index contributed by atoms with van der Waals surface area (Å²) in [6, 6.07) is 5.93. The van der Waals surface area contributed by atoms with E-state index in [1.54, 1.807) is 20.8 Å². The van der Waals surface area contributed by atoms with Crippen molar-refractivity contribution in [3.05, 3.63) is 34.9 Å². The molecule has 23 heavy (non-hydrogen) atoms. The Kier molecular flexibility index (Phi) is 4.68. The third-order valence-electron chi connectivity index (χ3n) is 4.20. The van der Waals surface area contributed by atoms with Gasteiger partial charge in [-0.15, -0.1) is 0 Å². The fraction of sp³-hybridized carbons (Fsp3) is 0.556. The number of carboxylic acids is 1. The largest absolute Gasteiger partial charge is 0.481 e. The lowest BCUT2D eigenvalue weighted by atomic mass is 9.84. The Morgan fingerprint density at radius 3 is 2.22 bits per heavy atom. The molecule has 0 bridgehead atoms. The third kappa shape index (κ3) is 3.84. The number of carbonyl (C=O) groups excluding carboxylic acids is 1. The quantitative estimate of drug-likeness (QED) is 0.908. The van der Waals surface area contributed by atoms with E-state index >= 15 is 0 Å². The number of ether oxygens (including phenoxy) is 1. The summed E-state index contributed by atoms with van der Waals surface area (Å²) in [6.45, 7) is 9.94. The van der Waals surface area contributed by atoms with Gasteiger partial charge in [0.25, 0.3) is 0 Å². The molecule has 1 saturated heterocycles. The average molecular weight is 319 g/mol. The van der Waals surface area contributed by atoms with Crippen molar-refractivity contribution in [3.63, 3.8) is 0 Å². The van der Waals surface area contributed by atoms with Gasteiger partial charge in [0.2, 0.25) is 0 Å². The van der Waals surface area contributed by atoms with Gasteiger partial charge in [0.1, 0.15) is 5.60 Å². The van der Waals surface area contributed by atoms with E-state index in [0.29, 0.717) is 6.54 Å². The summed E-state index contributed by atoms with van der Waals surface area (Å²) in [7, 11) is 0. The molecule has 2 unspecified atom stereocenters. The Balaban J connectivity index is 2.29. The van der Waals surface area contributed by atoms with Crippen molar-refractivity contribution in [2.24, 2.45) is 5.92 Å². The standard InChI is InChI=1S/C18H25NO4/c1-11-7-6-8-12(2)15(11)13-9-19(10-14(13)16(20)21)17(22)23-18(3,4)5/h6-8,13-14H,9-10H2,1-5H3,(H,20,21). The van der Waals surface area contributed by atoms with Crippen LogP contribution in [0, 0.1) is 19.8 Å². The fourth-order valence-electron chi connectivity index (χ4n) is 3.23. The van der Waals surface area contributed by atoms with E-state index in [2.05, 4.69) is 0 Å². The second-order valence-corrected chi connectivity index (χ2v) is 7.24. The zero-order valence-corrected chi connectivity index (χ0v) is 14.4. The molecule has 2 rings (SSSR count). The molecule has 5 nitrogen and oxygen atoms in total. The zero-order valence-electron chi connectivity index (χ0n) is 14.4. The molecule has 1 aromatic carbocycles. The molecule has 1 aliphatic heterocycles. The molecule has 0 aliphatic carbocycles. The number of likely N-dealkylation sites (tertiary alicyclic amines) is 1. The van der Waals surface area contributed by atoms with E-state index in [1.165, 1.54) is 4.90 Å². The van der Waals surface area contributed by atoms with Gasteiger partial charge in [-0.25, -0.2) is 4.79 Å². The second-order valence-electron chi connectivity index (χ2n) is 7.24. The van der Waals surface area contributed by atoms with Gasteiger partial charge in [0.15, 0.2) is 0 Å². The van der Waals surface area contributed by atoms with E-state index < -0.39 is 23.6 Å². The Morgan fingerprint density at radius 2 is 1.74 bits per heavy atom. The molecule has 0 spiro atoms. The minimum Gasteiger partial charge on any atom is -0.481 e. The number of rotatable bonds is 2. The number of carboxylic acid groups (broad SMARTS) is 1. The fourth-order valence-corrected chi connectivity index (χ4v) is 3.23. The van der Waals surface area contributed by atoms with Gasteiger partial charge in [-0.2, -0.15) is 0 Å². The lowest BCUT2D eigenvalue weighted by Crippen LogP contribution is -2.35. The van der Waals surface area contributed by atoms with Crippen molar-refractivity contribution in [3.8, 4) is 0 Å². The zero-order chi connectivity index (χ0) is 17.4. The summed E-state index contributed by atoms with van der Waals surface area (Å²) in [4.78, 5) is 25.5. The van der Waals surface area contributed by atoms with Crippen LogP contribution in [-0.4, -0.2) is 40.8 Å². The normalized spacial score (nSPS) is 21.3. The number of aryl methyl sites for hydroxylation is 2. The van der Waals surface area contributed by atoms with Crippen LogP contribution in [0.5, 0.6) is 0 Å². The van der Waals surface area contributed by atoms with Crippen molar-refractivity contribution in [2.45, 2.75) is 46.1 Å². The molecule has 5 heteroatoms. The van der Waals surface area contributed by atoms with Crippen LogP contribution in [0.3, 0.4) is 0 Å². The highest BCUT2D eigenvalue weighted by Crippen LogP contribution is 2.37. The van der Waals surface area contributed by atoms with Crippen LogP contribution >= 0.6 is 0 Å². The van der Waals surface area contributed by atoms with Crippen molar-refractivity contribution < 1.29 is 19.4 Å². The van der Waals surface area contributed by atoms with Crippen LogP contribution in [0.2, 0.25) is 0 Å². The molecule has 1 aliphatic rings. The van der Waals surface area contributed by atoms with Crippen molar-refractivity contribution in [1.82, 2.24) is 4.90 Å². The van der Waals surface area contributed by atoms with Crippen LogP contribution in [0.1, 0.15) is 43.4 Å². The van der Waals surface area contributed by atoms with Crippen LogP contribution in [0.15, 0.2) is 18.2 Å². The molecule has 0 radical (unpaired) electrons. The van der Waals surface area contributed by atoms with Gasteiger partial charge in [0, 0.05) is 19.0 Å². The molecule has 1 fully saturated rings. The van der Waals surface area contributed by atoms with Crippen LogP contribution < -0.4 is 0 Å². The van der Waals surface area contributed by atoms with E-state index in [-0.39, 0.29) is 12.5 Å². The van der Waals surface area contributed by atoms with Gasteiger partial charge in [-0.3, -0.25) is 4.79 Å². The first-order chi connectivity index (χ1) is 10.6. The van der Waals surface area contributed by atoms with Crippen LogP contribution in [0.4, 0.5) is 4.79 Å². The van der Waals surface area contributed by atoms with Crippen molar-refractivity contribution >= 4 is 12.1 Å². The first-order valence-electron chi connectivity index (χ1n) is 7.87. The molecule has 1 aromatic rings. The number of amides is 1. The van der Waals surface area contributed by atoms with Gasteiger partial charge >= 0.3 is 12.1 Å². The summed E-state index contributed by atoms with van der Waals surface area (Å²) in [5.41, 5.74) is 2.57. The molecule has 126 valence electrons. The average Bonchev–Trinajstić information content (AvgIpc) is 2.81. The van der Waals surface area contributed by atoms with Crippen LogP contribution in [-0.2, 0) is 9.53 Å². The minimum atomic E-state index is -0.872. The van der Waals surface area contributed by atoms with E-state index in [0.717, 1.165) is 16.7 Å². The molecule has 1 amide bonds.